The van der Waals surface area contributed by atoms with Crippen LogP contribution in [0.3, 0.4) is 0 Å². The summed E-state index contributed by atoms with van der Waals surface area (Å²) >= 11 is 0. The van der Waals surface area contributed by atoms with Gasteiger partial charge in [0.25, 0.3) is 0 Å². The summed E-state index contributed by atoms with van der Waals surface area (Å²) < 4.78 is 0. The molecule has 1 aliphatic rings. The Morgan fingerprint density at radius 2 is 1.94 bits per heavy atom. The standard InChI is InChI=1S/C16H19NO/c1-16(12-18)10-5-11-17(16)15-9-4-7-13-6-2-3-8-14(13)15/h2-4,6-9,18H,5,10-12H2,1H3/t16-/m0/s1. The third-order valence-electron chi connectivity index (χ3n) is 4.15. The second-order valence-corrected chi connectivity index (χ2v) is 5.41. The number of benzene rings is 2. The number of hydrogen-bond acceptors (Lipinski definition) is 2. The second kappa shape index (κ2) is 4.29. The maximum absolute atomic E-state index is 9.69. The van der Waals surface area contributed by atoms with Gasteiger partial charge in [-0.15, -0.1) is 0 Å². The van der Waals surface area contributed by atoms with Crippen molar-refractivity contribution in [3.8, 4) is 0 Å². The van der Waals surface area contributed by atoms with Crippen molar-refractivity contribution >= 4 is 16.5 Å². The topological polar surface area (TPSA) is 23.5 Å². The zero-order valence-corrected chi connectivity index (χ0v) is 10.8. The van der Waals surface area contributed by atoms with Crippen LogP contribution in [-0.2, 0) is 0 Å². The first kappa shape index (κ1) is 11.5. The molecular formula is C16H19NO. The van der Waals surface area contributed by atoms with Crippen molar-refractivity contribution in [3.05, 3.63) is 42.5 Å². The summed E-state index contributed by atoms with van der Waals surface area (Å²) in [5.74, 6) is 0. The van der Waals surface area contributed by atoms with E-state index in [1.54, 1.807) is 0 Å². The maximum atomic E-state index is 9.69. The molecule has 1 atom stereocenters. The number of aliphatic hydroxyl groups is 1. The first-order valence-electron chi connectivity index (χ1n) is 6.61. The van der Waals surface area contributed by atoms with E-state index in [1.807, 2.05) is 0 Å². The molecule has 0 spiro atoms. The molecule has 0 aliphatic carbocycles. The molecule has 3 rings (SSSR count). The number of hydrogen-bond donors (Lipinski definition) is 1. The summed E-state index contributed by atoms with van der Waals surface area (Å²) in [6.07, 6.45) is 2.22. The fraction of sp³-hybridized carbons (Fsp3) is 0.375. The van der Waals surface area contributed by atoms with Gasteiger partial charge < -0.3 is 10.0 Å². The highest BCUT2D eigenvalue weighted by molar-refractivity contribution is 5.94. The third kappa shape index (κ3) is 1.68. The van der Waals surface area contributed by atoms with Crippen molar-refractivity contribution in [1.82, 2.24) is 0 Å². The minimum Gasteiger partial charge on any atom is -0.394 e. The lowest BCUT2D eigenvalue weighted by Gasteiger charge is -2.36. The van der Waals surface area contributed by atoms with Crippen molar-refractivity contribution in [2.45, 2.75) is 25.3 Å². The van der Waals surface area contributed by atoms with Gasteiger partial charge in [0, 0.05) is 17.6 Å². The van der Waals surface area contributed by atoms with Crippen LogP contribution in [0.15, 0.2) is 42.5 Å². The monoisotopic (exact) mass is 241 g/mol. The van der Waals surface area contributed by atoms with Crippen LogP contribution in [0.25, 0.3) is 10.8 Å². The fourth-order valence-corrected chi connectivity index (χ4v) is 3.04. The van der Waals surface area contributed by atoms with Gasteiger partial charge in [0.05, 0.1) is 12.1 Å². The van der Waals surface area contributed by atoms with Crippen LogP contribution in [0, 0.1) is 0 Å². The van der Waals surface area contributed by atoms with E-state index in [0.29, 0.717) is 0 Å². The summed E-state index contributed by atoms with van der Waals surface area (Å²) in [4.78, 5) is 2.37. The first-order valence-corrected chi connectivity index (χ1v) is 6.61. The highest BCUT2D eigenvalue weighted by Gasteiger charge is 2.36. The van der Waals surface area contributed by atoms with E-state index in [9.17, 15) is 5.11 Å². The van der Waals surface area contributed by atoms with E-state index in [2.05, 4.69) is 54.3 Å². The Kier molecular flexibility index (Phi) is 2.75. The van der Waals surface area contributed by atoms with Crippen LogP contribution in [0.4, 0.5) is 5.69 Å². The van der Waals surface area contributed by atoms with E-state index in [0.717, 1.165) is 19.4 Å². The quantitative estimate of drug-likeness (QED) is 0.872. The molecule has 94 valence electrons. The lowest BCUT2D eigenvalue weighted by Crippen LogP contribution is -2.44. The molecule has 2 aromatic carbocycles. The molecule has 2 heteroatoms. The van der Waals surface area contributed by atoms with Gasteiger partial charge >= 0.3 is 0 Å². The summed E-state index contributed by atoms with van der Waals surface area (Å²) in [7, 11) is 0. The molecule has 18 heavy (non-hydrogen) atoms. The molecule has 0 saturated carbocycles. The average Bonchev–Trinajstić information content (AvgIpc) is 2.81. The number of aliphatic hydroxyl groups excluding tert-OH is 1. The Bertz CT molecular complexity index is 561. The Morgan fingerprint density at radius 3 is 2.78 bits per heavy atom. The van der Waals surface area contributed by atoms with Crippen molar-refractivity contribution in [2.75, 3.05) is 18.1 Å². The molecule has 0 unspecified atom stereocenters. The van der Waals surface area contributed by atoms with E-state index >= 15 is 0 Å². The summed E-state index contributed by atoms with van der Waals surface area (Å²) in [5, 5.41) is 12.2. The summed E-state index contributed by atoms with van der Waals surface area (Å²) in [6.45, 7) is 3.41. The lowest BCUT2D eigenvalue weighted by atomic mass is 9.98. The predicted octanol–water partition coefficient (Wildman–Crippen LogP) is 3.19. The van der Waals surface area contributed by atoms with E-state index in [4.69, 9.17) is 0 Å². The van der Waals surface area contributed by atoms with Crippen molar-refractivity contribution < 1.29 is 5.11 Å². The summed E-state index contributed by atoms with van der Waals surface area (Å²) in [5.41, 5.74) is 1.14. The Morgan fingerprint density at radius 1 is 1.17 bits per heavy atom. The molecule has 2 nitrogen and oxygen atoms in total. The second-order valence-electron chi connectivity index (χ2n) is 5.41. The molecule has 2 aromatic rings. The third-order valence-corrected chi connectivity index (χ3v) is 4.15. The minimum absolute atomic E-state index is 0.107. The van der Waals surface area contributed by atoms with Gasteiger partial charge in [-0.1, -0.05) is 36.4 Å². The Balaban J connectivity index is 2.14. The van der Waals surface area contributed by atoms with Gasteiger partial charge in [-0.25, -0.2) is 0 Å². The molecule has 0 radical (unpaired) electrons. The molecule has 1 saturated heterocycles. The zero-order chi connectivity index (χ0) is 12.6. The van der Waals surface area contributed by atoms with Crippen LogP contribution >= 0.6 is 0 Å². The van der Waals surface area contributed by atoms with Crippen LogP contribution in [0.2, 0.25) is 0 Å². The van der Waals surface area contributed by atoms with Crippen LogP contribution < -0.4 is 4.90 Å². The average molecular weight is 241 g/mol. The van der Waals surface area contributed by atoms with Gasteiger partial charge in [-0.3, -0.25) is 0 Å². The van der Waals surface area contributed by atoms with Gasteiger partial charge in [-0.2, -0.15) is 0 Å². The van der Waals surface area contributed by atoms with E-state index in [-0.39, 0.29) is 12.1 Å². The first-order chi connectivity index (χ1) is 8.74. The van der Waals surface area contributed by atoms with Gasteiger partial charge in [0.2, 0.25) is 0 Å². The van der Waals surface area contributed by atoms with Gasteiger partial charge in [0.1, 0.15) is 0 Å². The molecular weight excluding hydrogens is 222 g/mol. The van der Waals surface area contributed by atoms with Gasteiger partial charge in [-0.05, 0) is 31.2 Å². The highest BCUT2D eigenvalue weighted by atomic mass is 16.3. The normalized spacial score (nSPS) is 23.8. The lowest BCUT2D eigenvalue weighted by molar-refractivity contribution is 0.210. The molecule has 0 aromatic heterocycles. The molecule has 1 fully saturated rings. The maximum Gasteiger partial charge on any atom is 0.0661 e. The number of nitrogens with zero attached hydrogens (tertiary/aromatic N) is 1. The predicted molar refractivity (Wildman–Crippen MR) is 76.0 cm³/mol. The summed E-state index contributed by atoms with van der Waals surface area (Å²) in [6, 6.07) is 14.9. The van der Waals surface area contributed by atoms with Crippen LogP contribution in [-0.4, -0.2) is 23.8 Å². The molecule has 1 aliphatic heterocycles. The van der Waals surface area contributed by atoms with Gasteiger partial charge in [0.15, 0.2) is 0 Å². The number of rotatable bonds is 2. The van der Waals surface area contributed by atoms with E-state index in [1.165, 1.54) is 16.5 Å². The molecule has 1 heterocycles. The van der Waals surface area contributed by atoms with Crippen molar-refractivity contribution in [1.29, 1.82) is 0 Å². The fourth-order valence-electron chi connectivity index (χ4n) is 3.04. The highest BCUT2D eigenvalue weighted by Crippen LogP contribution is 2.37. The van der Waals surface area contributed by atoms with E-state index < -0.39 is 0 Å². The molecule has 0 bridgehead atoms. The smallest absolute Gasteiger partial charge is 0.0661 e. The molecule has 0 amide bonds. The minimum atomic E-state index is -0.107. The zero-order valence-electron chi connectivity index (χ0n) is 10.8. The SMILES string of the molecule is C[C@@]1(CO)CCCN1c1cccc2ccccc12. The largest absolute Gasteiger partial charge is 0.394 e. The van der Waals surface area contributed by atoms with Crippen LogP contribution in [0.5, 0.6) is 0 Å². The number of anilines is 1. The van der Waals surface area contributed by atoms with Crippen LogP contribution in [0.1, 0.15) is 19.8 Å². The Hall–Kier alpha value is -1.54. The Labute approximate surface area is 108 Å². The van der Waals surface area contributed by atoms with Crippen molar-refractivity contribution in [2.24, 2.45) is 0 Å². The number of fused-ring (bicyclic) bond motifs is 1. The molecule has 1 N–H and O–H groups in total. The van der Waals surface area contributed by atoms with Crippen molar-refractivity contribution in [3.63, 3.8) is 0 Å².